The number of halogens is 1. The lowest BCUT2D eigenvalue weighted by molar-refractivity contribution is 0.0693. The second-order valence-electron chi connectivity index (χ2n) is 4.86. The van der Waals surface area contributed by atoms with Crippen molar-refractivity contribution in [2.45, 2.75) is 6.42 Å². The van der Waals surface area contributed by atoms with Gasteiger partial charge in [0.25, 0.3) is 5.91 Å². The normalized spacial score (nSPS) is 18.3. The summed E-state index contributed by atoms with van der Waals surface area (Å²) in [6.45, 7) is 1.67. The van der Waals surface area contributed by atoms with Crippen LogP contribution in [-0.2, 0) is 4.74 Å². The molecule has 2 rings (SSSR count). The van der Waals surface area contributed by atoms with Crippen molar-refractivity contribution in [3.05, 3.63) is 35.1 Å². The van der Waals surface area contributed by atoms with Gasteiger partial charge in [0.05, 0.1) is 17.7 Å². The second kappa shape index (κ2) is 6.00. The molecule has 6 heteroatoms. The second-order valence-corrected chi connectivity index (χ2v) is 4.86. The summed E-state index contributed by atoms with van der Waals surface area (Å²) in [6, 6.07) is 3.34. The van der Waals surface area contributed by atoms with Crippen molar-refractivity contribution in [1.82, 2.24) is 4.90 Å². The first-order valence-corrected chi connectivity index (χ1v) is 6.34. The van der Waals surface area contributed by atoms with E-state index in [1.165, 1.54) is 12.1 Å². The maximum absolute atomic E-state index is 13.8. The Hall–Kier alpha value is -1.95. The number of carboxylic acids is 1. The van der Waals surface area contributed by atoms with E-state index in [1.54, 1.807) is 12.0 Å². The largest absolute Gasteiger partial charge is 0.478 e. The van der Waals surface area contributed by atoms with Crippen LogP contribution in [0.5, 0.6) is 0 Å². The van der Waals surface area contributed by atoms with E-state index < -0.39 is 17.7 Å². The van der Waals surface area contributed by atoms with Crippen LogP contribution in [0.1, 0.15) is 27.1 Å². The quantitative estimate of drug-likeness (QED) is 0.911. The van der Waals surface area contributed by atoms with Gasteiger partial charge >= 0.3 is 5.97 Å². The molecule has 1 aromatic carbocycles. The van der Waals surface area contributed by atoms with Crippen LogP contribution in [0.3, 0.4) is 0 Å². The Morgan fingerprint density at radius 1 is 1.50 bits per heavy atom. The standard InChI is InChI=1S/C14H16FNO4/c1-20-8-9-4-5-16(7-9)13(17)11-3-2-10(14(18)19)6-12(11)15/h2-3,6,9H,4-5,7-8H2,1H3,(H,18,19). The van der Waals surface area contributed by atoms with Crippen LogP contribution in [0.15, 0.2) is 18.2 Å². The number of hydrogen-bond donors (Lipinski definition) is 1. The zero-order valence-corrected chi connectivity index (χ0v) is 11.1. The molecule has 1 amide bonds. The molecule has 5 nitrogen and oxygen atoms in total. The predicted octanol–water partition coefficient (Wildman–Crippen LogP) is 1.63. The van der Waals surface area contributed by atoms with Crippen molar-refractivity contribution in [3.63, 3.8) is 0 Å². The van der Waals surface area contributed by atoms with Gasteiger partial charge in [-0.25, -0.2) is 9.18 Å². The predicted molar refractivity (Wildman–Crippen MR) is 69.2 cm³/mol. The molecule has 1 aliphatic rings. The molecule has 0 spiro atoms. The molecule has 1 aromatic rings. The van der Waals surface area contributed by atoms with E-state index in [2.05, 4.69) is 0 Å². The highest BCUT2D eigenvalue weighted by Gasteiger charge is 2.28. The van der Waals surface area contributed by atoms with Gasteiger partial charge in [0.15, 0.2) is 0 Å². The molecule has 1 heterocycles. The molecule has 1 N–H and O–H groups in total. The molecule has 0 bridgehead atoms. The van der Waals surface area contributed by atoms with E-state index in [0.29, 0.717) is 19.7 Å². The first-order valence-electron chi connectivity index (χ1n) is 6.34. The fourth-order valence-electron chi connectivity index (χ4n) is 2.38. The molecule has 1 aliphatic heterocycles. The average molecular weight is 281 g/mol. The highest BCUT2D eigenvalue weighted by Crippen LogP contribution is 2.20. The summed E-state index contributed by atoms with van der Waals surface area (Å²) in [5.41, 5.74) is -0.259. The molecule has 0 radical (unpaired) electrons. The summed E-state index contributed by atoms with van der Waals surface area (Å²) in [6.07, 6.45) is 0.828. The van der Waals surface area contributed by atoms with Crippen LogP contribution in [0.25, 0.3) is 0 Å². The van der Waals surface area contributed by atoms with Gasteiger partial charge in [0.1, 0.15) is 5.82 Å². The Morgan fingerprint density at radius 3 is 2.85 bits per heavy atom. The van der Waals surface area contributed by atoms with E-state index in [4.69, 9.17) is 9.84 Å². The van der Waals surface area contributed by atoms with Crippen LogP contribution in [0, 0.1) is 11.7 Å². The zero-order chi connectivity index (χ0) is 14.7. The van der Waals surface area contributed by atoms with Crippen LogP contribution in [0.2, 0.25) is 0 Å². The summed E-state index contributed by atoms with van der Waals surface area (Å²) in [5, 5.41) is 8.77. The summed E-state index contributed by atoms with van der Waals surface area (Å²) < 4.78 is 18.9. The van der Waals surface area contributed by atoms with Gasteiger partial charge in [-0.1, -0.05) is 0 Å². The van der Waals surface area contributed by atoms with Gasteiger partial charge in [-0.3, -0.25) is 4.79 Å². The van der Waals surface area contributed by atoms with Gasteiger partial charge in [0, 0.05) is 26.1 Å². The lowest BCUT2D eigenvalue weighted by Crippen LogP contribution is -2.30. The van der Waals surface area contributed by atoms with Crippen LogP contribution in [0.4, 0.5) is 4.39 Å². The number of benzene rings is 1. The van der Waals surface area contributed by atoms with E-state index >= 15 is 0 Å². The molecule has 20 heavy (non-hydrogen) atoms. The fraction of sp³-hybridized carbons (Fsp3) is 0.429. The lowest BCUT2D eigenvalue weighted by atomic mass is 10.1. The summed E-state index contributed by atoms with van der Waals surface area (Å²) in [5.74, 6) is -2.15. The topological polar surface area (TPSA) is 66.8 Å². The van der Waals surface area contributed by atoms with Gasteiger partial charge in [-0.05, 0) is 24.6 Å². The Kier molecular flexibility index (Phi) is 4.34. The van der Waals surface area contributed by atoms with Gasteiger partial charge in [0.2, 0.25) is 0 Å². The minimum Gasteiger partial charge on any atom is -0.478 e. The molecule has 0 aliphatic carbocycles. The third-order valence-corrected chi connectivity index (χ3v) is 3.42. The minimum atomic E-state index is -1.22. The number of carbonyl (C=O) groups excluding carboxylic acids is 1. The summed E-state index contributed by atoms with van der Waals surface area (Å²) >= 11 is 0. The van der Waals surface area contributed by atoms with Crippen molar-refractivity contribution in [3.8, 4) is 0 Å². The van der Waals surface area contributed by atoms with Crippen LogP contribution < -0.4 is 0 Å². The van der Waals surface area contributed by atoms with E-state index in [-0.39, 0.29) is 17.0 Å². The van der Waals surface area contributed by atoms with Gasteiger partial charge in [-0.2, -0.15) is 0 Å². The highest BCUT2D eigenvalue weighted by molar-refractivity contribution is 5.96. The Morgan fingerprint density at radius 2 is 2.25 bits per heavy atom. The third-order valence-electron chi connectivity index (χ3n) is 3.42. The SMILES string of the molecule is COCC1CCN(C(=O)c2ccc(C(=O)O)cc2F)C1. The lowest BCUT2D eigenvalue weighted by Gasteiger charge is -2.17. The Bertz CT molecular complexity index is 532. The van der Waals surface area contributed by atoms with Gasteiger partial charge in [-0.15, -0.1) is 0 Å². The Balaban J connectivity index is 2.12. The summed E-state index contributed by atoms with van der Waals surface area (Å²) in [7, 11) is 1.61. The molecule has 0 aromatic heterocycles. The summed E-state index contributed by atoms with van der Waals surface area (Å²) in [4.78, 5) is 24.5. The molecule has 1 fully saturated rings. The number of nitrogens with zero attached hydrogens (tertiary/aromatic N) is 1. The van der Waals surface area contributed by atoms with E-state index in [9.17, 15) is 14.0 Å². The number of ether oxygens (including phenoxy) is 1. The molecule has 108 valence electrons. The maximum Gasteiger partial charge on any atom is 0.335 e. The number of aromatic carboxylic acids is 1. The molecule has 1 unspecified atom stereocenters. The minimum absolute atomic E-state index is 0.0898. The Labute approximate surface area is 116 Å². The molecular weight excluding hydrogens is 265 g/mol. The number of carboxylic acid groups (broad SMARTS) is 1. The molecule has 0 saturated carbocycles. The van der Waals surface area contributed by atoms with Crippen LogP contribution >= 0.6 is 0 Å². The maximum atomic E-state index is 13.8. The molecular formula is C14H16FNO4. The van der Waals surface area contributed by atoms with Crippen LogP contribution in [-0.4, -0.2) is 48.7 Å². The van der Waals surface area contributed by atoms with Crippen molar-refractivity contribution in [2.24, 2.45) is 5.92 Å². The van der Waals surface area contributed by atoms with Crippen molar-refractivity contribution >= 4 is 11.9 Å². The first-order chi connectivity index (χ1) is 9.52. The molecule has 1 atom stereocenters. The van der Waals surface area contributed by atoms with Crippen molar-refractivity contribution < 1.29 is 23.8 Å². The first kappa shape index (κ1) is 14.5. The molecule has 1 saturated heterocycles. The number of methoxy groups -OCH3 is 1. The number of hydrogen-bond acceptors (Lipinski definition) is 3. The zero-order valence-electron chi connectivity index (χ0n) is 11.1. The van der Waals surface area contributed by atoms with Crippen molar-refractivity contribution in [1.29, 1.82) is 0 Å². The highest BCUT2D eigenvalue weighted by atomic mass is 19.1. The fourth-order valence-corrected chi connectivity index (χ4v) is 2.38. The number of carbonyl (C=O) groups is 2. The monoisotopic (exact) mass is 281 g/mol. The van der Waals surface area contributed by atoms with E-state index in [1.807, 2.05) is 0 Å². The van der Waals surface area contributed by atoms with E-state index in [0.717, 1.165) is 12.5 Å². The van der Waals surface area contributed by atoms with Gasteiger partial charge < -0.3 is 14.7 Å². The van der Waals surface area contributed by atoms with Crippen molar-refractivity contribution in [2.75, 3.05) is 26.8 Å². The third kappa shape index (κ3) is 2.96. The number of likely N-dealkylation sites (tertiary alicyclic amines) is 1. The smallest absolute Gasteiger partial charge is 0.335 e. The average Bonchev–Trinajstić information content (AvgIpc) is 2.87. The number of amides is 1. The number of rotatable bonds is 4.